The van der Waals surface area contributed by atoms with Gasteiger partial charge in [0.05, 0.1) is 13.2 Å². The number of ether oxygens (including phenoxy) is 2. The summed E-state index contributed by atoms with van der Waals surface area (Å²) in [4.78, 5) is 10.8. The van der Waals surface area contributed by atoms with Gasteiger partial charge in [-0.15, -0.1) is 0 Å². The van der Waals surface area contributed by atoms with E-state index < -0.39 is 0 Å². The van der Waals surface area contributed by atoms with Crippen molar-refractivity contribution in [2.75, 3.05) is 20.3 Å². The Morgan fingerprint density at radius 2 is 2.09 bits per heavy atom. The number of nitrogens with zero attached hydrogens (tertiary/aromatic N) is 3. The van der Waals surface area contributed by atoms with Crippen molar-refractivity contribution in [3.63, 3.8) is 0 Å². The Morgan fingerprint density at radius 3 is 2.83 bits per heavy atom. The molecule has 1 fully saturated rings. The van der Waals surface area contributed by atoms with Gasteiger partial charge in [0.1, 0.15) is 0 Å². The molecular formula is C18H23N3O2. The molecule has 1 atom stereocenters. The Morgan fingerprint density at radius 1 is 1.22 bits per heavy atom. The fourth-order valence-electron chi connectivity index (χ4n) is 2.98. The zero-order chi connectivity index (χ0) is 15.9. The van der Waals surface area contributed by atoms with Gasteiger partial charge in [0.15, 0.2) is 0 Å². The number of hydrogen-bond acceptors (Lipinski definition) is 5. The molecule has 0 spiro atoms. The van der Waals surface area contributed by atoms with Crippen molar-refractivity contribution in [2.45, 2.75) is 32.0 Å². The highest BCUT2D eigenvalue weighted by Crippen LogP contribution is 2.20. The monoisotopic (exact) mass is 313 g/mol. The Balaban J connectivity index is 1.73. The van der Waals surface area contributed by atoms with Gasteiger partial charge >= 0.3 is 0 Å². The predicted molar refractivity (Wildman–Crippen MR) is 88.1 cm³/mol. The van der Waals surface area contributed by atoms with Crippen molar-refractivity contribution >= 4 is 0 Å². The Labute approximate surface area is 137 Å². The van der Waals surface area contributed by atoms with Gasteiger partial charge in [0.25, 0.3) is 0 Å². The molecule has 0 radical (unpaired) electrons. The van der Waals surface area contributed by atoms with Crippen molar-refractivity contribution in [1.29, 1.82) is 0 Å². The van der Waals surface area contributed by atoms with Gasteiger partial charge in [-0.05, 0) is 36.6 Å². The molecule has 2 aromatic heterocycles. The second-order valence-corrected chi connectivity index (χ2v) is 5.83. The number of pyridine rings is 2. The summed E-state index contributed by atoms with van der Waals surface area (Å²) in [7, 11) is 1.67. The second-order valence-electron chi connectivity index (χ2n) is 5.83. The summed E-state index contributed by atoms with van der Waals surface area (Å²) in [5, 5.41) is 0. The second kappa shape index (κ2) is 8.04. The topological polar surface area (TPSA) is 47.5 Å². The van der Waals surface area contributed by atoms with Crippen LogP contribution in [0.25, 0.3) is 0 Å². The zero-order valence-electron chi connectivity index (χ0n) is 13.5. The van der Waals surface area contributed by atoms with Crippen LogP contribution in [0.2, 0.25) is 0 Å². The molecule has 0 aliphatic carbocycles. The van der Waals surface area contributed by atoms with E-state index in [0.29, 0.717) is 12.0 Å². The smallest absolute Gasteiger partial charge is 0.217 e. The standard InChI is InChI=1S/C18H23N3O2/c1-22-18-16(4-2-8-20-18)13-21(14-17-5-3-11-23-17)12-15-6-9-19-10-7-15/h2,4,6-10,17H,3,5,11-14H2,1H3. The van der Waals surface area contributed by atoms with Crippen molar-refractivity contribution < 1.29 is 9.47 Å². The Bertz CT molecular complexity index is 600. The van der Waals surface area contributed by atoms with Crippen LogP contribution < -0.4 is 4.74 Å². The average molecular weight is 313 g/mol. The summed E-state index contributed by atoms with van der Waals surface area (Å²) in [6.45, 7) is 3.45. The van der Waals surface area contributed by atoms with Crippen LogP contribution in [0.4, 0.5) is 0 Å². The fraction of sp³-hybridized carbons (Fsp3) is 0.444. The van der Waals surface area contributed by atoms with Gasteiger partial charge in [0, 0.05) is 50.4 Å². The molecule has 23 heavy (non-hydrogen) atoms. The van der Waals surface area contributed by atoms with Crippen LogP contribution in [0, 0.1) is 0 Å². The molecule has 0 aromatic carbocycles. The van der Waals surface area contributed by atoms with Crippen LogP contribution in [0.15, 0.2) is 42.9 Å². The molecule has 122 valence electrons. The molecule has 0 amide bonds. The summed E-state index contributed by atoms with van der Waals surface area (Å²) in [6.07, 6.45) is 8.05. The van der Waals surface area contributed by atoms with E-state index in [1.165, 1.54) is 5.56 Å². The lowest BCUT2D eigenvalue weighted by molar-refractivity contribution is 0.0675. The van der Waals surface area contributed by atoms with Crippen molar-refractivity contribution in [3.05, 3.63) is 54.0 Å². The van der Waals surface area contributed by atoms with E-state index >= 15 is 0 Å². The maximum Gasteiger partial charge on any atom is 0.217 e. The highest BCUT2D eigenvalue weighted by atomic mass is 16.5. The van der Waals surface area contributed by atoms with E-state index in [1.54, 1.807) is 13.3 Å². The molecule has 1 aliphatic heterocycles. The maximum atomic E-state index is 5.81. The lowest BCUT2D eigenvalue weighted by atomic mass is 10.1. The third-order valence-corrected chi connectivity index (χ3v) is 4.08. The maximum absolute atomic E-state index is 5.81. The molecule has 3 heterocycles. The van der Waals surface area contributed by atoms with E-state index in [-0.39, 0.29) is 0 Å². The summed E-state index contributed by atoms with van der Waals surface area (Å²) in [5.74, 6) is 0.694. The molecular weight excluding hydrogens is 290 g/mol. The lowest BCUT2D eigenvalue weighted by Crippen LogP contribution is -2.31. The van der Waals surface area contributed by atoms with E-state index in [9.17, 15) is 0 Å². The molecule has 0 saturated carbocycles. The average Bonchev–Trinajstić information content (AvgIpc) is 3.09. The number of hydrogen-bond donors (Lipinski definition) is 0. The van der Waals surface area contributed by atoms with Gasteiger partial charge in [0.2, 0.25) is 5.88 Å². The van der Waals surface area contributed by atoms with E-state index in [2.05, 4.69) is 33.1 Å². The quantitative estimate of drug-likeness (QED) is 0.786. The lowest BCUT2D eigenvalue weighted by Gasteiger charge is -2.25. The van der Waals surface area contributed by atoms with Crippen molar-refractivity contribution in [3.8, 4) is 5.88 Å². The van der Waals surface area contributed by atoms with E-state index in [1.807, 2.05) is 18.5 Å². The fourth-order valence-corrected chi connectivity index (χ4v) is 2.98. The molecule has 0 N–H and O–H groups in total. The van der Waals surface area contributed by atoms with Crippen LogP contribution in [-0.4, -0.2) is 41.2 Å². The van der Waals surface area contributed by atoms with Crippen LogP contribution in [0.3, 0.4) is 0 Å². The summed E-state index contributed by atoms with van der Waals surface area (Å²) in [6, 6.07) is 8.14. The molecule has 5 heteroatoms. The highest BCUT2D eigenvalue weighted by Gasteiger charge is 2.20. The number of methoxy groups -OCH3 is 1. The van der Waals surface area contributed by atoms with Gasteiger partial charge < -0.3 is 9.47 Å². The first-order chi connectivity index (χ1) is 11.3. The molecule has 3 rings (SSSR count). The van der Waals surface area contributed by atoms with Crippen LogP contribution in [0.1, 0.15) is 24.0 Å². The number of rotatable bonds is 7. The van der Waals surface area contributed by atoms with Crippen molar-refractivity contribution in [2.24, 2.45) is 0 Å². The van der Waals surface area contributed by atoms with Crippen LogP contribution in [-0.2, 0) is 17.8 Å². The Kier molecular flexibility index (Phi) is 5.56. The zero-order valence-corrected chi connectivity index (χ0v) is 13.5. The SMILES string of the molecule is COc1ncccc1CN(Cc1ccncc1)CC1CCCO1. The first-order valence-electron chi connectivity index (χ1n) is 8.06. The predicted octanol–water partition coefficient (Wildman–Crippen LogP) is 2.67. The van der Waals surface area contributed by atoms with Crippen LogP contribution >= 0.6 is 0 Å². The van der Waals surface area contributed by atoms with Crippen LogP contribution in [0.5, 0.6) is 5.88 Å². The molecule has 1 aliphatic rings. The molecule has 1 unspecified atom stereocenters. The van der Waals surface area contributed by atoms with Gasteiger partial charge in [-0.1, -0.05) is 6.07 Å². The normalized spacial score (nSPS) is 17.6. The molecule has 2 aromatic rings. The van der Waals surface area contributed by atoms with Gasteiger partial charge in [-0.2, -0.15) is 0 Å². The van der Waals surface area contributed by atoms with Gasteiger partial charge in [-0.3, -0.25) is 9.88 Å². The van der Waals surface area contributed by atoms with E-state index in [4.69, 9.17) is 9.47 Å². The number of aromatic nitrogens is 2. The Hall–Kier alpha value is -1.98. The summed E-state index contributed by atoms with van der Waals surface area (Å²) in [5.41, 5.74) is 2.35. The molecule has 1 saturated heterocycles. The molecule has 5 nitrogen and oxygen atoms in total. The third kappa shape index (κ3) is 4.50. The first kappa shape index (κ1) is 15.9. The largest absolute Gasteiger partial charge is 0.481 e. The molecule has 0 bridgehead atoms. The summed E-state index contributed by atoms with van der Waals surface area (Å²) < 4.78 is 11.2. The minimum Gasteiger partial charge on any atom is -0.481 e. The first-order valence-corrected chi connectivity index (χ1v) is 8.06. The van der Waals surface area contributed by atoms with Crippen molar-refractivity contribution in [1.82, 2.24) is 14.9 Å². The van der Waals surface area contributed by atoms with Gasteiger partial charge in [-0.25, -0.2) is 4.98 Å². The van der Waals surface area contributed by atoms with E-state index in [0.717, 1.165) is 44.6 Å². The summed E-state index contributed by atoms with van der Waals surface area (Å²) >= 11 is 0. The minimum absolute atomic E-state index is 0.319. The minimum atomic E-state index is 0.319. The third-order valence-electron chi connectivity index (χ3n) is 4.08. The highest BCUT2D eigenvalue weighted by molar-refractivity contribution is 5.25.